The molecule has 66 valence electrons. The Labute approximate surface area is 74.3 Å². The smallest absolute Gasteiger partial charge is 0.00975 e. The molecular formula is C9H19NS. The van der Waals surface area contributed by atoms with Gasteiger partial charge in [0.25, 0.3) is 0 Å². The van der Waals surface area contributed by atoms with E-state index in [0.29, 0.717) is 0 Å². The van der Waals surface area contributed by atoms with Gasteiger partial charge < -0.3 is 5.32 Å². The van der Waals surface area contributed by atoms with Gasteiger partial charge in [0.1, 0.15) is 0 Å². The lowest BCUT2D eigenvalue weighted by atomic mass is 9.94. The minimum atomic E-state index is 0.766. The molecule has 0 aromatic carbocycles. The summed E-state index contributed by atoms with van der Waals surface area (Å²) >= 11 is 2.12. The lowest BCUT2D eigenvalue weighted by Gasteiger charge is -2.28. The van der Waals surface area contributed by atoms with E-state index in [-0.39, 0.29) is 0 Å². The number of nitrogens with one attached hydrogen (secondary N) is 1. The number of hydrogen-bond acceptors (Lipinski definition) is 2. The molecule has 1 aliphatic heterocycles. The quantitative estimate of drug-likeness (QED) is 0.701. The molecule has 0 spiro atoms. The maximum atomic E-state index is 3.41. The van der Waals surface area contributed by atoms with E-state index in [2.05, 4.69) is 31.1 Å². The Morgan fingerprint density at radius 3 is 2.91 bits per heavy atom. The Morgan fingerprint density at radius 1 is 1.64 bits per heavy atom. The van der Waals surface area contributed by atoms with E-state index in [1.807, 2.05) is 0 Å². The van der Waals surface area contributed by atoms with Crippen LogP contribution in [0.4, 0.5) is 0 Å². The summed E-state index contributed by atoms with van der Waals surface area (Å²) in [6.45, 7) is 2.28. The average molecular weight is 173 g/mol. The van der Waals surface area contributed by atoms with Crippen LogP contribution >= 0.6 is 11.8 Å². The first kappa shape index (κ1) is 9.40. The highest BCUT2D eigenvalue weighted by molar-refractivity contribution is 7.99. The zero-order valence-electron chi connectivity index (χ0n) is 7.60. The minimum absolute atomic E-state index is 0.766. The van der Waals surface area contributed by atoms with Gasteiger partial charge >= 0.3 is 0 Å². The largest absolute Gasteiger partial charge is 0.317 e. The van der Waals surface area contributed by atoms with Crippen LogP contribution in [0.5, 0.6) is 0 Å². The summed E-state index contributed by atoms with van der Waals surface area (Å²) in [5.41, 5.74) is 0. The first-order valence-corrected chi connectivity index (χ1v) is 5.79. The molecule has 1 aliphatic rings. The fourth-order valence-electron chi connectivity index (χ4n) is 1.86. The maximum Gasteiger partial charge on any atom is 0.00975 e. The Balaban J connectivity index is 2.30. The molecule has 0 aromatic rings. The third-order valence-corrected chi connectivity index (χ3v) is 3.82. The SMILES string of the molecule is CCC(NC)C1CCCSC1. The summed E-state index contributed by atoms with van der Waals surface area (Å²) in [7, 11) is 2.09. The van der Waals surface area contributed by atoms with E-state index in [9.17, 15) is 0 Å². The van der Waals surface area contributed by atoms with Crippen molar-refractivity contribution in [3.8, 4) is 0 Å². The molecule has 0 bridgehead atoms. The molecule has 0 amide bonds. The van der Waals surface area contributed by atoms with E-state index in [1.165, 1.54) is 30.8 Å². The van der Waals surface area contributed by atoms with Crippen LogP contribution in [0.25, 0.3) is 0 Å². The highest BCUT2D eigenvalue weighted by Gasteiger charge is 2.20. The van der Waals surface area contributed by atoms with E-state index in [1.54, 1.807) is 0 Å². The molecule has 2 unspecified atom stereocenters. The Hall–Kier alpha value is 0.310. The van der Waals surface area contributed by atoms with Gasteiger partial charge in [0.05, 0.1) is 0 Å². The molecule has 0 saturated carbocycles. The van der Waals surface area contributed by atoms with Crippen molar-refractivity contribution in [2.24, 2.45) is 5.92 Å². The lowest BCUT2D eigenvalue weighted by molar-refractivity contribution is 0.366. The normalized spacial score (nSPS) is 28.4. The van der Waals surface area contributed by atoms with Crippen molar-refractivity contribution in [1.29, 1.82) is 0 Å². The molecule has 0 radical (unpaired) electrons. The fraction of sp³-hybridized carbons (Fsp3) is 1.00. The molecule has 1 N–H and O–H groups in total. The summed E-state index contributed by atoms with van der Waals surface area (Å²) in [4.78, 5) is 0. The second-order valence-electron chi connectivity index (χ2n) is 3.28. The topological polar surface area (TPSA) is 12.0 Å². The van der Waals surface area contributed by atoms with Crippen LogP contribution in [0.1, 0.15) is 26.2 Å². The zero-order valence-corrected chi connectivity index (χ0v) is 8.41. The van der Waals surface area contributed by atoms with Crippen molar-refractivity contribution < 1.29 is 0 Å². The van der Waals surface area contributed by atoms with Crippen molar-refractivity contribution >= 4 is 11.8 Å². The molecule has 1 rings (SSSR count). The molecule has 0 aliphatic carbocycles. The first-order valence-electron chi connectivity index (χ1n) is 4.63. The van der Waals surface area contributed by atoms with Crippen molar-refractivity contribution in [2.45, 2.75) is 32.2 Å². The standard InChI is InChI=1S/C9H19NS/c1-3-9(10-2)8-5-4-6-11-7-8/h8-10H,3-7H2,1-2H3. The van der Waals surface area contributed by atoms with Gasteiger partial charge in [0.2, 0.25) is 0 Å². The minimum Gasteiger partial charge on any atom is -0.317 e. The first-order chi connectivity index (χ1) is 5.38. The summed E-state index contributed by atoms with van der Waals surface area (Å²) in [5.74, 6) is 3.69. The van der Waals surface area contributed by atoms with Gasteiger partial charge in [-0.05, 0) is 43.7 Å². The third-order valence-electron chi connectivity index (χ3n) is 2.58. The van der Waals surface area contributed by atoms with Gasteiger partial charge in [-0.3, -0.25) is 0 Å². The molecule has 2 atom stereocenters. The fourth-order valence-corrected chi connectivity index (χ4v) is 3.10. The van der Waals surface area contributed by atoms with E-state index >= 15 is 0 Å². The predicted molar refractivity (Wildman–Crippen MR) is 53.2 cm³/mol. The third kappa shape index (κ3) is 2.68. The van der Waals surface area contributed by atoms with Crippen LogP contribution in [-0.4, -0.2) is 24.6 Å². The van der Waals surface area contributed by atoms with Crippen molar-refractivity contribution in [1.82, 2.24) is 5.32 Å². The van der Waals surface area contributed by atoms with E-state index in [0.717, 1.165) is 12.0 Å². The molecule has 1 fully saturated rings. The van der Waals surface area contributed by atoms with Gasteiger partial charge in [-0.15, -0.1) is 0 Å². The van der Waals surface area contributed by atoms with Crippen LogP contribution in [0.3, 0.4) is 0 Å². The molecule has 0 aromatic heterocycles. The number of rotatable bonds is 3. The Bertz CT molecular complexity index is 95.7. The van der Waals surface area contributed by atoms with Crippen molar-refractivity contribution in [3.05, 3.63) is 0 Å². The van der Waals surface area contributed by atoms with Gasteiger partial charge in [-0.25, -0.2) is 0 Å². The molecule has 1 heterocycles. The molecule has 1 saturated heterocycles. The Morgan fingerprint density at radius 2 is 2.45 bits per heavy atom. The highest BCUT2D eigenvalue weighted by Crippen LogP contribution is 2.26. The monoisotopic (exact) mass is 173 g/mol. The van der Waals surface area contributed by atoms with Crippen LogP contribution in [-0.2, 0) is 0 Å². The average Bonchev–Trinajstić information content (AvgIpc) is 2.09. The summed E-state index contributed by atoms with van der Waals surface area (Å²) in [6, 6.07) is 0.766. The van der Waals surface area contributed by atoms with Crippen molar-refractivity contribution in [2.75, 3.05) is 18.6 Å². The number of thioether (sulfide) groups is 1. The van der Waals surface area contributed by atoms with Crippen LogP contribution in [0.2, 0.25) is 0 Å². The van der Waals surface area contributed by atoms with Crippen LogP contribution in [0.15, 0.2) is 0 Å². The summed E-state index contributed by atoms with van der Waals surface area (Å²) < 4.78 is 0. The van der Waals surface area contributed by atoms with Gasteiger partial charge in [0.15, 0.2) is 0 Å². The molecule has 2 heteroatoms. The second kappa shape index (κ2) is 5.04. The molecule has 1 nitrogen and oxygen atoms in total. The zero-order chi connectivity index (χ0) is 8.10. The second-order valence-corrected chi connectivity index (χ2v) is 4.43. The lowest BCUT2D eigenvalue weighted by Crippen LogP contribution is -2.35. The molecule has 11 heavy (non-hydrogen) atoms. The maximum absolute atomic E-state index is 3.41. The van der Waals surface area contributed by atoms with E-state index in [4.69, 9.17) is 0 Å². The van der Waals surface area contributed by atoms with E-state index < -0.39 is 0 Å². The summed E-state index contributed by atoms with van der Waals surface area (Å²) in [5, 5.41) is 3.41. The van der Waals surface area contributed by atoms with Gasteiger partial charge in [-0.1, -0.05) is 6.92 Å². The Kier molecular flexibility index (Phi) is 4.31. The van der Waals surface area contributed by atoms with Crippen LogP contribution in [0, 0.1) is 5.92 Å². The number of hydrogen-bond donors (Lipinski definition) is 1. The molecular weight excluding hydrogens is 154 g/mol. The van der Waals surface area contributed by atoms with Crippen molar-refractivity contribution in [3.63, 3.8) is 0 Å². The highest BCUT2D eigenvalue weighted by atomic mass is 32.2. The van der Waals surface area contributed by atoms with Crippen LogP contribution < -0.4 is 5.32 Å². The van der Waals surface area contributed by atoms with Gasteiger partial charge in [0, 0.05) is 6.04 Å². The van der Waals surface area contributed by atoms with Gasteiger partial charge in [-0.2, -0.15) is 11.8 Å². The summed E-state index contributed by atoms with van der Waals surface area (Å²) in [6.07, 6.45) is 4.14. The predicted octanol–water partition coefficient (Wildman–Crippen LogP) is 2.13.